The Hall–Kier alpha value is -2.02. The smallest absolute Gasteiger partial charge is 0.417 e. The Bertz CT molecular complexity index is 816. The number of hydrogen-bond donors (Lipinski definition) is 5. The fraction of sp³-hybridized carbons (Fsp3) is 0.438. The molecule has 0 spiro atoms. The zero-order valence-electron chi connectivity index (χ0n) is 13.6. The van der Waals surface area contributed by atoms with Crippen LogP contribution in [-0.2, 0) is 10.9 Å². The topological polar surface area (TPSA) is 141 Å². The van der Waals surface area contributed by atoms with Crippen molar-refractivity contribution in [2.75, 3.05) is 6.61 Å². The van der Waals surface area contributed by atoms with Gasteiger partial charge in [-0.15, -0.1) is 0 Å². The van der Waals surface area contributed by atoms with Crippen molar-refractivity contribution in [2.45, 2.75) is 36.9 Å². The summed E-state index contributed by atoms with van der Waals surface area (Å²) in [6, 6.07) is 6.01. The molecule has 5 N–H and O–H groups in total. The van der Waals surface area contributed by atoms with Crippen LogP contribution < -0.4 is 5.63 Å². The van der Waals surface area contributed by atoms with Crippen molar-refractivity contribution >= 4 is 11.0 Å². The summed E-state index contributed by atoms with van der Waals surface area (Å²) >= 11 is 0. The van der Waals surface area contributed by atoms with Gasteiger partial charge in [0.05, 0.1) is 12.2 Å². The highest BCUT2D eigenvalue weighted by atomic mass is 19.4. The molecule has 0 aliphatic carbocycles. The first-order valence-electron chi connectivity index (χ1n) is 7.65. The Morgan fingerprint density at radius 2 is 1.63 bits per heavy atom. The van der Waals surface area contributed by atoms with E-state index in [2.05, 4.69) is 9.15 Å². The Kier molecular flexibility index (Phi) is 6.57. The van der Waals surface area contributed by atoms with Crippen molar-refractivity contribution < 1.29 is 47.9 Å². The number of hydrogen-bond acceptors (Lipinski definition) is 8. The van der Waals surface area contributed by atoms with Gasteiger partial charge in [-0.1, -0.05) is 18.2 Å². The molecule has 8 nitrogen and oxygen atoms in total. The SMILES string of the molecule is O=c1cc(C(F)(F)F)c2ccccc2o1.OC[C@H]1O[C@@H](O)[C@H](O)[C@@H](O)[C@H]1O. The highest BCUT2D eigenvalue weighted by molar-refractivity contribution is 5.80. The van der Waals surface area contributed by atoms with Gasteiger partial charge in [0.2, 0.25) is 0 Å². The number of aliphatic hydroxyl groups is 5. The molecule has 2 heterocycles. The summed E-state index contributed by atoms with van der Waals surface area (Å²) in [5, 5.41) is 44.6. The van der Waals surface area contributed by atoms with E-state index in [0.717, 1.165) is 0 Å². The molecule has 150 valence electrons. The summed E-state index contributed by atoms with van der Waals surface area (Å²) in [4.78, 5) is 10.9. The van der Waals surface area contributed by atoms with Gasteiger partial charge in [-0.05, 0) is 6.07 Å². The molecule has 3 rings (SSSR count). The molecule has 11 heteroatoms. The Balaban J connectivity index is 0.000000199. The molecule has 1 aromatic carbocycles. The van der Waals surface area contributed by atoms with Crippen LogP contribution in [-0.4, -0.2) is 62.8 Å². The summed E-state index contributed by atoms with van der Waals surface area (Å²) in [5.41, 5.74) is -2.02. The first-order chi connectivity index (χ1) is 12.6. The lowest BCUT2D eigenvalue weighted by Crippen LogP contribution is -2.58. The van der Waals surface area contributed by atoms with Crippen LogP contribution in [0.4, 0.5) is 13.2 Å². The second kappa shape index (κ2) is 8.33. The lowest BCUT2D eigenvalue weighted by atomic mass is 10.00. The van der Waals surface area contributed by atoms with E-state index < -0.39 is 54.7 Å². The van der Waals surface area contributed by atoms with Crippen molar-refractivity contribution in [2.24, 2.45) is 0 Å². The van der Waals surface area contributed by atoms with E-state index in [1.54, 1.807) is 0 Å². The van der Waals surface area contributed by atoms with Crippen LogP contribution in [0.15, 0.2) is 39.5 Å². The standard InChI is InChI=1S/C10H5F3O2.C6H12O6/c11-10(12,13)7-5-9(14)15-8-4-2-1-3-6(7)8;7-1-2-3(8)4(9)5(10)6(11)12-2/h1-5H;2-11H,1H2/t;2-,3+,4+,5-,6-/m.1/s1. The minimum Gasteiger partial charge on any atom is -0.423 e. The summed E-state index contributed by atoms with van der Waals surface area (Å²) in [5.74, 6) is 0. The van der Waals surface area contributed by atoms with E-state index in [-0.39, 0.29) is 11.0 Å². The molecule has 1 fully saturated rings. The molecule has 1 aromatic heterocycles. The highest BCUT2D eigenvalue weighted by Gasteiger charge is 2.42. The predicted molar refractivity (Wildman–Crippen MR) is 83.5 cm³/mol. The number of halogens is 3. The first kappa shape index (κ1) is 21.3. The normalized spacial score (nSPS) is 28.5. The number of benzene rings is 1. The van der Waals surface area contributed by atoms with E-state index >= 15 is 0 Å². The van der Waals surface area contributed by atoms with E-state index in [1.165, 1.54) is 24.3 Å². The minimum absolute atomic E-state index is 0.0580. The van der Waals surface area contributed by atoms with E-state index in [0.29, 0.717) is 6.07 Å². The molecule has 0 saturated carbocycles. The van der Waals surface area contributed by atoms with Gasteiger partial charge in [-0.2, -0.15) is 13.2 Å². The second-order valence-electron chi connectivity index (χ2n) is 5.69. The maximum absolute atomic E-state index is 12.5. The molecule has 0 amide bonds. The fourth-order valence-electron chi connectivity index (χ4n) is 2.43. The number of rotatable bonds is 1. The van der Waals surface area contributed by atoms with Crippen molar-refractivity contribution in [3.05, 3.63) is 46.3 Å². The number of alkyl halides is 3. The van der Waals surface area contributed by atoms with Crippen molar-refractivity contribution in [3.63, 3.8) is 0 Å². The van der Waals surface area contributed by atoms with Crippen molar-refractivity contribution in [3.8, 4) is 0 Å². The van der Waals surface area contributed by atoms with Gasteiger partial charge in [-0.25, -0.2) is 4.79 Å². The monoisotopic (exact) mass is 394 g/mol. The van der Waals surface area contributed by atoms with Crippen LogP contribution in [0.1, 0.15) is 5.56 Å². The summed E-state index contributed by atoms with van der Waals surface area (Å²) in [6.45, 7) is -0.526. The Morgan fingerprint density at radius 3 is 2.22 bits per heavy atom. The van der Waals surface area contributed by atoms with E-state index in [9.17, 15) is 18.0 Å². The third kappa shape index (κ3) is 4.83. The highest BCUT2D eigenvalue weighted by Crippen LogP contribution is 2.33. The molecule has 1 saturated heterocycles. The predicted octanol–water partition coefficient (Wildman–Crippen LogP) is -0.410. The van der Waals surface area contributed by atoms with Crippen LogP contribution in [0.2, 0.25) is 0 Å². The Morgan fingerprint density at radius 1 is 1.00 bits per heavy atom. The molecule has 27 heavy (non-hydrogen) atoms. The molecule has 0 bridgehead atoms. The lowest BCUT2D eigenvalue weighted by molar-refractivity contribution is -0.286. The van der Waals surface area contributed by atoms with Crippen LogP contribution in [0, 0.1) is 0 Å². The average molecular weight is 394 g/mol. The first-order valence-corrected chi connectivity index (χ1v) is 7.65. The number of aliphatic hydroxyl groups excluding tert-OH is 5. The molecule has 0 radical (unpaired) electrons. The van der Waals surface area contributed by atoms with Gasteiger partial charge >= 0.3 is 11.8 Å². The van der Waals surface area contributed by atoms with Crippen LogP contribution in [0.5, 0.6) is 0 Å². The van der Waals surface area contributed by atoms with Crippen molar-refractivity contribution in [1.29, 1.82) is 0 Å². The van der Waals surface area contributed by atoms with Crippen LogP contribution in [0.25, 0.3) is 11.0 Å². The van der Waals surface area contributed by atoms with E-state index in [4.69, 9.17) is 25.5 Å². The number of fused-ring (bicyclic) bond motifs is 1. The third-order valence-corrected chi connectivity index (χ3v) is 3.82. The molecule has 1 aliphatic heterocycles. The quantitative estimate of drug-likeness (QED) is 0.411. The van der Waals surface area contributed by atoms with Gasteiger partial charge in [0.1, 0.15) is 30.0 Å². The molecular weight excluding hydrogens is 377 g/mol. The average Bonchev–Trinajstić information content (AvgIpc) is 2.62. The zero-order chi connectivity index (χ0) is 20.4. The lowest BCUT2D eigenvalue weighted by Gasteiger charge is -2.37. The van der Waals surface area contributed by atoms with Crippen molar-refractivity contribution in [1.82, 2.24) is 0 Å². The van der Waals surface area contributed by atoms with Crippen LogP contribution >= 0.6 is 0 Å². The van der Waals surface area contributed by atoms with Gasteiger partial charge in [0, 0.05) is 11.5 Å². The fourth-order valence-corrected chi connectivity index (χ4v) is 2.43. The third-order valence-electron chi connectivity index (χ3n) is 3.82. The van der Waals surface area contributed by atoms with Crippen LogP contribution in [0.3, 0.4) is 0 Å². The Labute approximate surface area is 149 Å². The molecule has 2 aromatic rings. The summed E-state index contributed by atoms with van der Waals surface area (Å²) < 4.78 is 46.8. The maximum Gasteiger partial charge on any atom is 0.417 e. The van der Waals surface area contributed by atoms with Gasteiger partial charge in [0.25, 0.3) is 0 Å². The van der Waals surface area contributed by atoms with E-state index in [1.807, 2.05) is 0 Å². The second-order valence-corrected chi connectivity index (χ2v) is 5.69. The molecule has 5 atom stereocenters. The number of ether oxygens (including phenoxy) is 1. The minimum atomic E-state index is -4.55. The van der Waals surface area contributed by atoms with Gasteiger partial charge in [-0.3, -0.25) is 0 Å². The molecule has 0 unspecified atom stereocenters. The summed E-state index contributed by atoms with van der Waals surface area (Å²) in [6.07, 6.45) is -11.6. The van der Waals surface area contributed by atoms with Gasteiger partial charge in [0.15, 0.2) is 6.29 Å². The molecular formula is C16H17F3O8. The largest absolute Gasteiger partial charge is 0.423 e. The zero-order valence-corrected chi connectivity index (χ0v) is 13.6. The summed E-state index contributed by atoms with van der Waals surface area (Å²) in [7, 11) is 0. The number of para-hydroxylation sites is 1. The molecule has 1 aliphatic rings. The maximum atomic E-state index is 12.5. The van der Waals surface area contributed by atoms with Gasteiger partial charge < -0.3 is 34.7 Å².